The van der Waals surface area contributed by atoms with E-state index in [0.717, 1.165) is 19.4 Å². The summed E-state index contributed by atoms with van der Waals surface area (Å²) in [6.45, 7) is 2.95. The van der Waals surface area contributed by atoms with Crippen molar-refractivity contribution in [2.24, 2.45) is 0 Å². The van der Waals surface area contributed by atoms with Gasteiger partial charge in [0.1, 0.15) is 0 Å². The van der Waals surface area contributed by atoms with Crippen molar-refractivity contribution in [3.63, 3.8) is 0 Å². The van der Waals surface area contributed by atoms with Crippen LogP contribution in [0.2, 0.25) is 0 Å². The zero-order valence-corrected chi connectivity index (χ0v) is 17.7. The van der Waals surface area contributed by atoms with Gasteiger partial charge in [-0.05, 0) is 42.7 Å². The molecule has 4 rings (SSSR count). The van der Waals surface area contributed by atoms with Crippen molar-refractivity contribution < 1.29 is 16.8 Å². The van der Waals surface area contributed by atoms with Crippen LogP contribution in [0.5, 0.6) is 0 Å². The van der Waals surface area contributed by atoms with Crippen molar-refractivity contribution in [2.75, 3.05) is 26.2 Å². The molecule has 0 atom stereocenters. The topological polar surface area (TPSA) is 86.8 Å². The molecule has 0 bridgehead atoms. The zero-order chi connectivity index (χ0) is 20.5. The molecule has 0 aromatic heterocycles. The Hall–Kier alpha value is -1.78. The number of benzene rings is 2. The van der Waals surface area contributed by atoms with E-state index in [1.807, 2.05) is 18.2 Å². The fourth-order valence-corrected chi connectivity index (χ4v) is 6.13. The van der Waals surface area contributed by atoms with Gasteiger partial charge in [0.15, 0.2) is 0 Å². The first kappa shape index (κ1) is 20.5. The second-order valence-corrected chi connectivity index (χ2v) is 11.2. The molecule has 0 amide bonds. The molecule has 0 unspecified atom stereocenters. The van der Waals surface area contributed by atoms with Crippen LogP contribution in [-0.2, 0) is 26.6 Å². The van der Waals surface area contributed by atoms with Gasteiger partial charge in [-0.3, -0.25) is 4.90 Å². The van der Waals surface area contributed by atoms with E-state index in [1.165, 1.54) is 34.1 Å². The molecule has 9 heteroatoms. The van der Waals surface area contributed by atoms with Crippen LogP contribution in [0.1, 0.15) is 18.4 Å². The summed E-state index contributed by atoms with van der Waals surface area (Å²) in [5.74, 6) is 0. The van der Waals surface area contributed by atoms with E-state index in [-0.39, 0.29) is 15.8 Å². The summed E-state index contributed by atoms with van der Waals surface area (Å²) in [6, 6.07) is 15.6. The van der Waals surface area contributed by atoms with Crippen molar-refractivity contribution in [1.29, 1.82) is 0 Å². The number of sulfonamides is 2. The van der Waals surface area contributed by atoms with E-state index < -0.39 is 20.0 Å². The Morgan fingerprint density at radius 1 is 0.793 bits per heavy atom. The minimum absolute atomic E-state index is 0.00981. The molecule has 156 valence electrons. The Balaban J connectivity index is 1.39. The Morgan fingerprint density at radius 3 is 1.97 bits per heavy atom. The van der Waals surface area contributed by atoms with Crippen molar-refractivity contribution >= 4 is 20.0 Å². The molecular formula is C20H25N3O4S2. The van der Waals surface area contributed by atoms with Gasteiger partial charge in [-0.1, -0.05) is 30.3 Å². The highest BCUT2D eigenvalue weighted by atomic mass is 32.2. The lowest BCUT2D eigenvalue weighted by atomic mass is 10.2. The SMILES string of the molecule is O=S(=O)(NC1CC1)c1ccc(S(=O)(=O)N2CCN(Cc3ccccc3)CC2)cc1. The highest BCUT2D eigenvalue weighted by Gasteiger charge is 2.30. The molecule has 1 heterocycles. The largest absolute Gasteiger partial charge is 0.296 e. The summed E-state index contributed by atoms with van der Waals surface area (Å²) in [6.07, 6.45) is 1.70. The second kappa shape index (κ2) is 8.16. The smallest absolute Gasteiger partial charge is 0.243 e. The molecular weight excluding hydrogens is 410 g/mol. The summed E-state index contributed by atoms with van der Waals surface area (Å²) in [5, 5.41) is 0. The number of nitrogens with one attached hydrogen (secondary N) is 1. The Kier molecular flexibility index (Phi) is 5.76. The predicted molar refractivity (Wildman–Crippen MR) is 110 cm³/mol. The number of rotatable bonds is 7. The van der Waals surface area contributed by atoms with E-state index in [4.69, 9.17) is 0 Å². The molecule has 0 radical (unpaired) electrons. The van der Waals surface area contributed by atoms with Crippen molar-refractivity contribution in [2.45, 2.75) is 35.2 Å². The predicted octanol–water partition coefficient (Wildman–Crippen LogP) is 1.63. The molecule has 2 fully saturated rings. The molecule has 2 aromatic rings. The van der Waals surface area contributed by atoms with Gasteiger partial charge in [0.2, 0.25) is 20.0 Å². The second-order valence-electron chi connectivity index (χ2n) is 7.53. The monoisotopic (exact) mass is 435 g/mol. The van der Waals surface area contributed by atoms with E-state index in [1.54, 1.807) is 0 Å². The summed E-state index contributed by atoms with van der Waals surface area (Å²) in [5.41, 5.74) is 1.21. The number of nitrogens with zero attached hydrogens (tertiary/aromatic N) is 2. The Morgan fingerprint density at radius 2 is 1.38 bits per heavy atom. The first-order valence-corrected chi connectivity index (χ1v) is 12.7. The van der Waals surface area contributed by atoms with Crippen LogP contribution in [0, 0.1) is 0 Å². The van der Waals surface area contributed by atoms with E-state index in [0.29, 0.717) is 26.2 Å². The molecule has 1 aliphatic carbocycles. The van der Waals surface area contributed by atoms with Crippen LogP contribution < -0.4 is 4.72 Å². The summed E-state index contributed by atoms with van der Waals surface area (Å²) in [7, 11) is -7.23. The van der Waals surface area contributed by atoms with Gasteiger partial charge in [0.25, 0.3) is 0 Å². The maximum atomic E-state index is 12.9. The molecule has 7 nitrogen and oxygen atoms in total. The quantitative estimate of drug-likeness (QED) is 0.714. The van der Waals surface area contributed by atoms with Crippen molar-refractivity contribution in [1.82, 2.24) is 13.9 Å². The third-order valence-electron chi connectivity index (χ3n) is 5.25. The third-order valence-corrected chi connectivity index (χ3v) is 8.70. The number of hydrogen-bond donors (Lipinski definition) is 1. The Bertz CT molecular complexity index is 1040. The lowest BCUT2D eigenvalue weighted by molar-refractivity contribution is 0.181. The summed E-state index contributed by atoms with van der Waals surface area (Å²) >= 11 is 0. The normalized spacial score (nSPS) is 19.3. The highest BCUT2D eigenvalue weighted by molar-refractivity contribution is 7.89. The fourth-order valence-electron chi connectivity index (χ4n) is 3.40. The van der Waals surface area contributed by atoms with Gasteiger partial charge in [-0.15, -0.1) is 0 Å². The van der Waals surface area contributed by atoms with Crippen molar-refractivity contribution in [3.05, 3.63) is 60.2 Å². The van der Waals surface area contributed by atoms with Gasteiger partial charge in [0.05, 0.1) is 9.79 Å². The first-order chi connectivity index (χ1) is 13.8. The van der Waals surface area contributed by atoms with Gasteiger partial charge >= 0.3 is 0 Å². The molecule has 2 aromatic carbocycles. The maximum absolute atomic E-state index is 12.9. The minimum atomic E-state index is -3.64. The number of hydrogen-bond acceptors (Lipinski definition) is 5. The minimum Gasteiger partial charge on any atom is -0.296 e. The van der Waals surface area contributed by atoms with Crippen LogP contribution in [0.25, 0.3) is 0 Å². The van der Waals surface area contributed by atoms with Crippen LogP contribution in [0.4, 0.5) is 0 Å². The number of piperazine rings is 1. The van der Waals surface area contributed by atoms with Gasteiger partial charge in [-0.25, -0.2) is 21.6 Å². The van der Waals surface area contributed by atoms with Gasteiger partial charge < -0.3 is 0 Å². The maximum Gasteiger partial charge on any atom is 0.243 e. The van der Waals surface area contributed by atoms with Crippen LogP contribution in [0.3, 0.4) is 0 Å². The molecule has 1 aliphatic heterocycles. The van der Waals surface area contributed by atoms with Crippen LogP contribution >= 0.6 is 0 Å². The fraction of sp³-hybridized carbons (Fsp3) is 0.400. The molecule has 1 N–H and O–H groups in total. The third kappa shape index (κ3) is 4.87. The lowest BCUT2D eigenvalue weighted by Gasteiger charge is -2.34. The average molecular weight is 436 g/mol. The van der Waals surface area contributed by atoms with E-state index >= 15 is 0 Å². The molecule has 29 heavy (non-hydrogen) atoms. The standard InChI is InChI=1S/C20H25N3O4S2/c24-28(25,21-18-6-7-18)19-8-10-20(11-9-19)29(26,27)23-14-12-22(13-15-23)16-17-4-2-1-3-5-17/h1-5,8-11,18,21H,6-7,12-16H2. The lowest BCUT2D eigenvalue weighted by Crippen LogP contribution is -2.48. The Labute approximate surface area is 172 Å². The highest BCUT2D eigenvalue weighted by Crippen LogP contribution is 2.24. The molecule has 0 spiro atoms. The average Bonchev–Trinajstić information content (AvgIpc) is 3.53. The molecule has 1 saturated heterocycles. The van der Waals surface area contributed by atoms with Crippen molar-refractivity contribution in [3.8, 4) is 0 Å². The summed E-state index contributed by atoms with van der Waals surface area (Å²) < 4.78 is 54.5. The summed E-state index contributed by atoms with van der Waals surface area (Å²) in [4.78, 5) is 2.45. The molecule has 2 aliphatic rings. The van der Waals surface area contributed by atoms with Gasteiger partial charge in [-0.2, -0.15) is 4.31 Å². The van der Waals surface area contributed by atoms with Gasteiger partial charge in [0, 0.05) is 38.8 Å². The van der Waals surface area contributed by atoms with Crippen LogP contribution in [-0.4, -0.2) is 58.3 Å². The van der Waals surface area contributed by atoms with E-state index in [9.17, 15) is 16.8 Å². The molecule has 1 saturated carbocycles. The zero-order valence-electron chi connectivity index (χ0n) is 16.1. The first-order valence-electron chi connectivity index (χ1n) is 9.73. The van der Waals surface area contributed by atoms with Crippen LogP contribution in [0.15, 0.2) is 64.4 Å². The van der Waals surface area contributed by atoms with E-state index in [2.05, 4.69) is 21.8 Å².